The maximum atomic E-state index is 11.6. The summed E-state index contributed by atoms with van der Waals surface area (Å²) in [4.78, 5) is 11.6. The number of nitrogen functional groups attached to an aromatic ring is 1. The highest BCUT2D eigenvalue weighted by Crippen LogP contribution is 2.20. The maximum Gasteiger partial charge on any atom is 0.224 e. The fourth-order valence-corrected chi connectivity index (χ4v) is 1.41. The summed E-state index contributed by atoms with van der Waals surface area (Å²) >= 11 is 0. The van der Waals surface area contributed by atoms with Gasteiger partial charge in [-0.1, -0.05) is 19.9 Å². The van der Waals surface area contributed by atoms with Gasteiger partial charge < -0.3 is 11.1 Å². The van der Waals surface area contributed by atoms with Crippen LogP contribution in [-0.2, 0) is 4.79 Å². The minimum atomic E-state index is 0.0333. The fraction of sp³-hybridized carbons (Fsp3) is 0.462. The molecule has 0 aromatic heterocycles. The summed E-state index contributed by atoms with van der Waals surface area (Å²) in [5, 5.41) is 2.84. The van der Waals surface area contributed by atoms with Crippen molar-refractivity contribution in [3.63, 3.8) is 0 Å². The Morgan fingerprint density at radius 3 is 2.75 bits per heavy atom. The quantitative estimate of drug-likeness (QED) is 0.766. The highest BCUT2D eigenvalue weighted by atomic mass is 16.1. The number of hydrogen-bond acceptors (Lipinski definition) is 2. The number of carbonyl (C=O) groups excluding carboxylic acids is 1. The first-order valence-corrected chi connectivity index (χ1v) is 5.65. The lowest BCUT2D eigenvalue weighted by atomic mass is 10.1. The van der Waals surface area contributed by atoms with Crippen LogP contribution in [0.5, 0.6) is 0 Å². The summed E-state index contributed by atoms with van der Waals surface area (Å²) in [5.41, 5.74) is 8.20. The molecule has 1 aromatic rings. The lowest BCUT2D eigenvalue weighted by Gasteiger charge is -2.09. The van der Waals surface area contributed by atoms with Crippen LogP contribution in [-0.4, -0.2) is 5.91 Å². The fourth-order valence-electron chi connectivity index (χ4n) is 1.41. The molecule has 0 fully saturated rings. The van der Waals surface area contributed by atoms with E-state index < -0.39 is 0 Å². The lowest BCUT2D eigenvalue weighted by Crippen LogP contribution is -2.13. The number of anilines is 2. The molecule has 0 aliphatic rings. The summed E-state index contributed by atoms with van der Waals surface area (Å²) in [7, 11) is 0. The van der Waals surface area contributed by atoms with Crippen molar-refractivity contribution in [3.05, 3.63) is 23.8 Å². The Bertz CT molecular complexity index is 372. The number of nitrogens with two attached hydrogens (primary N) is 1. The van der Waals surface area contributed by atoms with Crippen molar-refractivity contribution in [2.75, 3.05) is 11.1 Å². The highest BCUT2D eigenvalue weighted by molar-refractivity contribution is 5.93. The van der Waals surface area contributed by atoms with Crippen molar-refractivity contribution in [2.24, 2.45) is 5.92 Å². The number of hydrogen-bond donors (Lipinski definition) is 2. The molecule has 0 radical (unpaired) electrons. The molecule has 0 bridgehead atoms. The van der Waals surface area contributed by atoms with Gasteiger partial charge in [-0.3, -0.25) is 4.79 Å². The number of aryl methyl sites for hydroxylation is 1. The van der Waals surface area contributed by atoms with Crippen LogP contribution in [0.1, 0.15) is 32.3 Å². The predicted molar refractivity (Wildman–Crippen MR) is 68.3 cm³/mol. The molecule has 0 spiro atoms. The number of nitrogens with one attached hydrogen (secondary N) is 1. The van der Waals surface area contributed by atoms with Crippen LogP contribution in [0, 0.1) is 12.8 Å². The van der Waals surface area contributed by atoms with Gasteiger partial charge >= 0.3 is 0 Å². The third kappa shape index (κ3) is 3.93. The van der Waals surface area contributed by atoms with Crippen molar-refractivity contribution >= 4 is 17.3 Å². The molecule has 1 rings (SSSR count). The summed E-state index contributed by atoms with van der Waals surface area (Å²) in [5.74, 6) is 0.576. The van der Waals surface area contributed by atoms with Gasteiger partial charge in [0.2, 0.25) is 5.91 Å². The van der Waals surface area contributed by atoms with Crippen LogP contribution in [0.3, 0.4) is 0 Å². The van der Waals surface area contributed by atoms with E-state index in [-0.39, 0.29) is 5.91 Å². The van der Waals surface area contributed by atoms with Crippen LogP contribution >= 0.6 is 0 Å². The zero-order chi connectivity index (χ0) is 12.1. The van der Waals surface area contributed by atoms with Gasteiger partial charge in [0.25, 0.3) is 0 Å². The van der Waals surface area contributed by atoms with Crippen LogP contribution in [0.4, 0.5) is 11.4 Å². The summed E-state index contributed by atoms with van der Waals surface area (Å²) in [6.07, 6.45) is 1.45. The number of carbonyl (C=O) groups is 1. The van der Waals surface area contributed by atoms with Gasteiger partial charge in [-0.25, -0.2) is 0 Å². The van der Waals surface area contributed by atoms with Gasteiger partial charge in [-0.05, 0) is 37.0 Å². The molecule has 3 nitrogen and oxygen atoms in total. The Hall–Kier alpha value is -1.51. The van der Waals surface area contributed by atoms with Gasteiger partial charge in [-0.2, -0.15) is 0 Å². The van der Waals surface area contributed by atoms with E-state index in [1.807, 2.05) is 25.1 Å². The van der Waals surface area contributed by atoms with E-state index in [9.17, 15) is 4.79 Å². The van der Waals surface area contributed by atoms with E-state index in [0.717, 1.165) is 12.0 Å². The first-order valence-electron chi connectivity index (χ1n) is 5.65. The lowest BCUT2D eigenvalue weighted by molar-refractivity contribution is -0.116. The molecular formula is C13H20N2O. The smallest absolute Gasteiger partial charge is 0.224 e. The SMILES string of the molecule is Cc1ccc(N)c(NC(=O)CCC(C)C)c1. The Morgan fingerprint density at radius 1 is 1.44 bits per heavy atom. The van der Waals surface area contributed by atoms with Crippen LogP contribution < -0.4 is 11.1 Å². The number of amides is 1. The normalized spacial score (nSPS) is 10.5. The highest BCUT2D eigenvalue weighted by Gasteiger charge is 2.06. The van der Waals surface area contributed by atoms with E-state index in [4.69, 9.17) is 5.73 Å². The second kappa shape index (κ2) is 5.54. The number of rotatable bonds is 4. The van der Waals surface area contributed by atoms with Gasteiger partial charge in [0, 0.05) is 6.42 Å². The first-order chi connectivity index (χ1) is 7.49. The molecule has 0 heterocycles. The van der Waals surface area contributed by atoms with Crippen molar-refractivity contribution in [3.8, 4) is 0 Å². The third-order valence-electron chi connectivity index (χ3n) is 2.43. The van der Waals surface area contributed by atoms with Crippen molar-refractivity contribution in [1.82, 2.24) is 0 Å². The van der Waals surface area contributed by atoms with Crippen LogP contribution in [0.2, 0.25) is 0 Å². The summed E-state index contributed by atoms with van der Waals surface area (Å²) in [6, 6.07) is 5.63. The molecular weight excluding hydrogens is 200 g/mol. The monoisotopic (exact) mass is 220 g/mol. The first kappa shape index (κ1) is 12.6. The molecule has 0 saturated heterocycles. The second-order valence-electron chi connectivity index (χ2n) is 4.57. The van der Waals surface area contributed by atoms with Gasteiger partial charge in [0.15, 0.2) is 0 Å². The Balaban J connectivity index is 2.59. The van der Waals surface area contributed by atoms with Crippen LogP contribution in [0.15, 0.2) is 18.2 Å². The molecule has 88 valence electrons. The Labute approximate surface area is 97.0 Å². The van der Waals surface area contributed by atoms with E-state index in [2.05, 4.69) is 19.2 Å². The predicted octanol–water partition coefficient (Wildman–Crippen LogP) is 2.95. The van der Waals surface area contributed by atoms with Crippen molar-refractivity contribution in [1.29, 1.82) is 0 Å². The van der Waals surface area contributed by atoms with E-state index in [0.29, 0.717) is 23.7 Å². The Morgan fingerprint density at radius 2 is 2.12 bits per heavy atom. The van der Waals surface area contributed by atoms with Gasteiger partial charge in [0.05, 0.1) is 11.4 Å². The molecule has 0 aliphatic carbocycles. The summed E-state index contributed by atoms with van der Waals surface area (Å²) < 4.78 is 0. The number of benzene rings is 1. The van der Waals surface area contributed by atoms with E-state index >= 15 is 0 Å². The molecule has 3 N–H and O–H groups in total. The molecule has 3 heteroatoms. The average molecular weight is 220 g/mol. The summed E-state index contributed by atoms with van der Waals surface area (Å²) in [6.45, 7) is 6.19. The zero-order valence-corrected chi connectivity index (χ0v) is 10.2. The molecule has 0 unspecified atom stereocenters. The van der Waals surface area contributed by atoms with E-state index in [1.165, 1.54) is 0 Å². The topological polar surface area (TPSA) is 55.1 Å². The van der Waals surface area contributed by atoms with E-state index in [1.54, 1.807) is 0 Å². The largest absolute Gasteiger partial charge is 0.397 e. The van der Waals surface area contributed by atoms with Crippen molar-refractivity contribution < 1.29 is 4.79 Å². The third-order valence-corrected chi connectivity index (χ3v) is 2.43. The molecule has 0 atom stereocenters. The molecule has 1 amide bonds. The Kier molecular flexibility index (Phi) is 4.35. The molecule has 0 saturated carbocycles. The van der Waals surface area contributed by atoms with Crippen molar-refractivity contribution in [2.45, 2.75) is 33.6 Å². The molecule has 1 aromatic carbocycles. The zero-order valence-electron chi connectivity index (χ0n) is 10.2. The second-order valence-corrected chi connectivity index (χ2v) is 4.57. The molecule has 0 aliphatic heterocycles. The van der Waals surface area contributed by atoms with Crippen LogP contribution in [0.25, 0.3) is 0 Å². The minimum Gasteiger partial charge on any atom is -0.397 e. The van der Waals surface area contributed by atoms with Gasteiger partial charge in [-0.15, -0.1) is 0 Å². The standard InChI is InChI=1S/C13H20N2O/c1-9(2)4-7-13(16)15-12-8-10(3)5-6-11(12)14/h5-6,8-9H,4,7,14H2,1-3H3,(H,15,16). The molecule has 16 heavy (non-hydrogen) atoms. The minimum absolute atomic E-state index is 0.0333. The maximum absolute atomic E-state index is 11.6. The van der Waals surface area contributed by atoms with Gasteiger partial charge in [0.1, 0.15) is 0 Å². The average Bonchev–Trinajstić information content (AvgIpc) is 2.20.